The Morgan fingerprint density at radius 1 is 1.16 bits per heavy atom. The maximum absolute atomic E-state index is 12.3. The maximum atomic E-state index is 12.3. The Bertz CT molecular complexity index is 1240. The molecule has 32 heavy (non-hydrogen) atoms. The lowest BCUT2D eigenvalue weighted by molar-refractivity contribution is -0.129. The third-order valence-electron chi connectivity index (χ3n) is 4.44. The van der Waals surface area contributed by atoms with Gasteiger partial charge in [-0.15, -0.1) is 0 Å². The fourth-order valence-corrected chi connectivity index (χ4v) is 3.30. The highest BCUT2D eigenvalue weighted by Crippen LogP contribution is 2.35. The first kappa shape index (κ1) is 21.2. The van der Waals surface area contributed by atoms with Gasteiger partial charge in [-0.2, -0.15) is 5.10 Å². The van der Waals surface area contributed by atoms with Crippen molar-refractivity contribution in [2.45, 2.75) is 0 Å². The summed E-state index contributed by atoms with van der Waals surface area (Å²) >= 11 is 3.45. The summed E-state index contributed by atoms with van der Waals surface area (Å²) in [5.74, 6) is 0.316. The van der Waals surface area contributed by atoms with Crippen LogP contribution in [0.1, 0.15) is 21.7 Å². The number of aliphatic imine (C=N–C) groups is 1. The molecule has 11 heteroatoms. The fraction of sp³-hybridized carbons (Fsp3) is 0.0952. The van der Waals surface area contributed by atoms with Crippen LogP contribution in [0.15, 0.2) is 57.9 Å². The molecule has 1 amide bonds. The lowest BCUT2D eigenvalue weighted by Crippen LogP contribution is -2.14. The summed E-state index contributed by atoms with van der Waals surface area (Å²) in [6.07, 6.45) is 2.84. The molecule has 0 radical (unpaired) electrons. The third kappa shape index (κ3) is 4.37. The molecule has 10 nitrogen and oxygen atoms in total. The monoisotopic (exact) mass is 497 g/mol. The average molecular weight is 498 g/mol. The zero-order chi connectivity index (χ0) is 22.7. The molecule has 0 saturated carbocycles. The fourth-order valence-electron chi connectivity index (χ4n) is 2.86. The second-order valence-corrected chi connectivity index (χ2v) is 7.28. The number of benzene rings is 2. The smallest absolute Gasteiger partial charge is 0.363 e. The minimum Gasteiger partial charge on any atom is -0.493 e. The number of methoxy groups -OCH3 is 2. The highest BCUT2D eigenvalue weighted by molar-refractivity contribution is 9.10. The molecule has 4 rings (SSSR count). The summed E-state index contributed by atoms with van der Waals surface area (Å²) in [4.78, 5) is 32.5. The molecule has 2 heterocycles. The highest BCUT2D eigenvalue weighted by atomic mass is 79.9. The van der Waals surface area contributed by atoms with E-state index < -0.39 is 11.9 Å². The number of carbonyl (C=O) groups is 2. The molecule has 162 valence electrons. The number of hydrogen-bond donors (Lipinski definition) is 2. The lowest BCUT2D eigenvalue weighted by atomic mass is 10.1. The minimum atomic E-state index is -0.579. The van der Waals surface area contributed by atoms with Crippen LogP contribution in [-0.4, -0.2) is 47.2 Å². The van der Waals surface area contributed by atoms with Crippen LogP contribution in [0.4, 0.5) is 5.69 Å². The van der Waals surface area contributed by atoms with Gasteiger partial charge in [-0.25, -0.2) is 14.8 Å². The molecule has 2 N–H and O–H groups in total. The van der Waals surface area contributed by atoms with E-state index >= 15 is 0 Å². The molecule has 0 spiro atoms. The Morgan fingerprint density at radius 3 is 2.53 bits per heavy atom. The normalized spacial score (nSPS) is 14.2. The standard InChI is InChI=1S/C21H16BrN5O5/c1-30-16-8-12(14(22)9-17(16)31-2)7-15-21(29)32-20(26-15)11-3-5-13(6-4-11)25-19(28)18-23-10-24-27-18/h3-10H,1-2H3,(H,25,28)(H,23,24,27)/b15-7+. The number of nitrogens with one attached hydrogen (secondary N) is 2. The van der Waals surface area contributed by atoms with E-state index in [0.29, 0.717) is 32.8 Å². The summed E-state index contributed by atoms with van der Waals surface area (Å²) in [5.41, 5.74) is 1.91. The Balaban J connectivity index is 1.55. The number of amides is 1. The van der Waals surface area contributed by atoms with E-state index in [0.717, 1.165) is 0 Å². The second-order valence-electron chi connectivity index (χ2n) is 6.43. The quantitative estimate of drug-likeness (QED) is 0.395. The van der Waals surface area contributed by atoms with Crippen LogP contribution in [0.5, 0.6) is 11.5 Å². The van der Waals surface area contributed by atoms with E-state index in [1.54, 1.807) is 42.5 Å². The van der Waals surface area contributed by atoms with Gasteiger partial charge in [0.25, 0.3) is 5.91 Å². The van der Waals surface area contributed by atoms with Crippen molar-refractivity contribution in [2.24, 2.45) is 4.99 Å². The molecule has 0 unspecified atom stereocenters. The van der Waals surface area contributed by atoms with Crippen molar-refractivity contribution in [1.29, 1.82) is 0 Å². The van der Waals surface area contributed by atoms with Crippen LogP contribution >= 0.6 is 15.9 Å². The summed E-state index contributed by atoms with van der Waals surface area (Å²) in [5, 5.41) is 8.80. The number of cyclic esters (lactones) is 1. The van der Waals surface area contributed by atoms with Gasteiger partial charge in [0.05, 0.1) is 14.2 Å². The molecule has 1 aliphatic rings. The van der Waals surface area contributed by atoms with Gasteiger partial charge >= 0.3 is 5.97 Å². The lowest BCUT2D eigenvalue weighted by Gasteiger charge is -2.09. The first-order valence-corrected chi connectivity index (χ1v) is 9.99. The molecular weight excluding hydrogens is 482 g/mol. The van der Waals surface area contributed by atoms with Gasteiger partial charge in [-0.3, -0.25) is 9.89 Å². The number of aromatic amines is 1. The zero-order valence-corrected chi connectivity index (χ0v) is 18.5. The number of aromatic nitrogens is 3. The van der Waals surface area contributed by atoms with E-state index in [-0.39, 0.29) is 17.4 Å². The summed E-state index contributed by atoms with van der Waals surface area (Å²) in [6, 6.07) is 10.1. The van der Waals surface area contributed by atoms with Gasteiger partial charge in [0.1, 0.15) is 6.33 Å². The molecule has 0 saturated heterocycles. The van der Waals surface area contributed by atoms with Crippen LogP contribution in [0.3, 0.4) is 0 Å². The number of carbonyl (C=O) groups excluding carboxylic acids is 2. The zero-order valence-electron chi connectivity index (χ0n) is 16.9. The largest absolute Gasteiger partial charge is 0.493 e. The SMILES string of the molecule is COc1cc(Br)c(/C=C2/N=C(c3ccc(NC(=O)c4ncn[nH]4)cc3)OC2=O)cc1OC. The number of ether oxygens (including phenoxy) is 3. The molecule has 0 bridgehead atoms. The molecule has 3 aromatic rings. The Labute approximate surface area is 190 Å². The number of nitrogens with zero attached hydrogens (tertiary/aromatic N) is 3. The van der Waals surface area contributed by atoms with E-state index in [4.69, 9.17) is 14.2 Å². The molecule has 2 aromatic carbocycles. The number of halogens is 1. The van der Waals surface area contributed by atoms with Crippen LogP contribution in [0.25, 0.3) is 6.08 Å². The molecule has 1 aromatic heterocycles. The van der Waals surface area contributed by atoms with Gasteiger partial charge in [-0.1, -0.05) is 15.9 Å². The van der Waals surface area contributed by atoms with Crippen LogP contribution in [0.2, 0.25) is 0 Å². The first-order valence-electron chi connectivity index (χ1n) is 9.19. The van der Waals surface area contributed by atoms with Crippen molar-refractivity contribution in [3.63, 3.8) is 0 Å². The average Bonchev–Trinajstić information content (AvgIpc) is 3.46. The number of anilines is 1. The van der Waals surface area contributed by atoms with E-state index in [9.17, 15) is 9.59 Å². The van der Waals surface area contributed by atoms with Gasteiger partial charge in [0, 0.05) is 15.7 Å². The highest BCUT2D eigenvalue weighted by Gasteiger charge is 2.25. The van der Waals surface area contributed by atoms with Crippen molar-refractivity contribution < 1.29 is 23.8 Å². The summed E-state index contributed by atoms with van der Waals surface area (Å²) in [6.45, 7) is 0. The van der Waals surface area contributed by atoms with E-state index in [2.05, 4.69) is 41.4 Å². The second kappa shape index (κ2) is 9.02. The number of H-pyrrole nitrogens is 1. The molecule has 0 atom stereocenters. The van der Waals surface area contributed by atoms with Crippen LogP contribution in [-0.2, 0) is 9.53 Å². The van der Waals surface area contributed by atoms with Gasteiger partial charge in [-0.05, 0) is 48.0 Å². The molecule has 1 aliphatic heterocycles. The predicted molar refractivity (Wildman–Crippen MR) is 119 cm³/mol. The predicted octanol–water partition coefficient (Wildman–Crippen LogP) is 3.18. The summed E-state index contributed by atoms with van der Waals surface area (Å²) < 4.78 is 16.6. The van der Waals surface area contributed by atoms with Crippen molar-refractivity contribution in [3.05, 3.63) is 69.8 Å². The Morgan fingerprint density at radius 2 is 1.88 bits per heavy atom. The van der Waals surface area contributed by atoms with Crippen molar-refractivity contribution >= 4 is 45.5 Å². The van der Waals surface area contributed by atoms with E-state index in [1.807, 2.05) is 0 Å². The number of hydrogen-bond acceptors (Lipinski definition) is 8. The molecule has 0 fully saturated rings. The first-order chi connectivity index (χ1) is 15.5. The maximum Gasteiger partial charge on any atom is 0.363 e. The number of esters is 1. The van der Waals surface area contributed by atoms with Gasteiger partial charge in [0.15, 0.2) is 17.2 Å². The minimum absolute atomic E-state index is 0.0966. The topological polar surface area (TPSA) is 128 Å². The third-order valence-corrected chi connectivity index (χ3v) is 5.12. The Hall–Kier alpha value is -3.99. The summed E-state index contributed by atoms with van der Waals surface area (Å²) in [7, 11) is 3.07. The molecule has 0 aliphatic carbocycles. The van der Waals surface area contributed by atoms with Crippen LogP contribution < -0.4 is 14.8 Å². The van der Waals surface area contributed by atoms with E-state index in [1.165, 1.54) is 20.5 Å². The molecular formula is C21H16BrN5O5. The van der Waals surface area contributed by atoms with Crippen molar-refractivity contribution in [3.8, 4) is 11.5 Å². The van der Waals surface area contributed by atoms with Gasteiger partial charge < -0.3 is 19.5 Å². The van der Waals surface area contributed by atoms with Crippen molar-refractivity contribution in [2.75, 3.05) is 19.5 Å². The van der Waals surface area contributed by atoms with Crippen molar-refractivity contribution in [1.82, 2.24) is 15.2 Å². The van der Waals surface area contributed by atoms with Gasteiger partial charge in [0.2, 0.25) is 11.7 Å². The van der Waals surface area contributed by atoms with Crippen LogP contribution in [0, 0.1) is 0 Å². The Kier molecular flexibility index (Phi) is 5.99. The number of rotatable bonds is 6.